The Labute approximate surface area is 271 Å². The highest BCUT2D eigenvalue weighted by Gasteiger charge is 2.68. The summed E-state index contributed by atoms with van der Waals surface area (Å²) in [5.74, 6) is -9.19. The summed E-state index contributed by atoms with van der Waals surface area (Å²) in [6.07, 6.45) is -1.65. The van der Waals surface area contributed by atoms with E-state index in [-0.39, 0.29) is 11.3 Å². The van der Waals surface area contributed by atoms with Crippen LogP contribution < -0.4 is 10.6 Å². The standard InChI is InChI=1S/C36H37N3O8/c1-18-21-14-15-22(39(16-19-10-6-4-7-11-19)17-20-12-8-5-9-13-20)29(40)24(21)30(41)25-23(18)31(42)27-28(38(2)3)32(43)26(35(37)46)34(45)36(27,47)33(25)44/h4-15,18,23,27-28,31,40-42,45,47H,16-17H2,1-3H3,(H2,37,46)/t18-,23+,27+,28-,31-,36-/m1/s1. The van der Waals surface area contributed by atoms with Crippen molar-refractivity contribution >= 4 is 28.9 Å². The zero-order chi connectivity index (χ0) is 33.9. The Kier molecular flexibility index (Phi) is 7.95. The van der Waals surface area contributed by atoms with Gasteiger partial charge in [-0.25, -0.2) is 0 Å². The molecule has 7 N–H and O–H groups in total. The van der Waals surface area contributed by atoms with Crippen molar-refractivity contribution < 1.29 is 39.9 Å². The van der Waals surface area contributed by atoms with E-state index in [4.69, 9.17) is 5.73 Å². The van der Waals surface area contributed by atoms with Crippen molar-refractivity contribution in [2.24, 2.45) is 17.6 Å². The van der Waals surface area contributed by atoms with Crippen LogP contribution in [0.25, 0.3) is 5.76 Å². The Hall–Kier alpha value is -4.97. The fraction of sp³-hybridized carbons (Fsp3) is 0.306. The number of nitrogens with two attached hydrogens (primary N) is 1. The summed E-state index contributed by atoms with van der Waals surface area (Å²) in [6, 6.07) is 21.3. The van der Waals surface area contributed by atoms with Gasteiger partial charge >= 0.3 is 0 Å². The van der Waals surface area contributed by atoms with E-state index in [1.54, 1.807) is 19.1 Å². The largest absolute Gasteiger partial charge is 0.508 e. The van der Waals surface area contributed by atoms with Crippen LogP contribution in [0, 0.1) is 11.8 Å². The van der Waals surface area contributed by atoms with Gasteiger partial charge in [0.25, 0.3) is 5.91 Å². The molecule has 1 amide bonds. The average Bonchev–Trinajstić information content (AvgIpc) is 3.03. The van der Waals surface area contributed by atoms with E-state index in [0.29, 0.717) is 24.3 Å². The van der Waals surface area contributed by atoms with E-state index >= 15 is 0 Å². The zero-order valence-corrected chi connectivity index (χ0v) is 26.2. The molecule has 0 bridgehead atoms. The molecule has 244 valence electrons. The quantitative estimate of drug-likeness (QED) is 0.210. The van der Waals surface area contributed by atoms with Gasteiger partial charge in [0.15, 0.2) is 11.4 Å². The van der Waals surface area contributed by atoms with Gasteiger partial charge in [0.2, 0.25) is 5.78 Å². The minimum absolute atomic E-state index is 0.0513. The fourth-order valence-electron chi connectivity index (χ4n) is 7.69. The number of Topliss-reactive ketones (excluding diaryl/α,β-unsaturated/α-hetero) is 2. The lowest BCUT2D eigenvalue weighted by atomic mass is 9.54. The molecule has 1 fully saturated rings. The Bertz CT molecular complexity index is 1800. The predicted octanol–water partition coefficient (Wildman–Crippen LogP) is 2.70. The second-order valence-electron chi connectivity index (χ2n) is 12.8. The number of amides is 1. The zero-order valence-electron chi connectivity index (χ0n) is 26.2. The number of carbonyl (C=O) groups is 3. The van der Waals surface area contributed by atoms with Crippen molar-refractivity contribution in [2.45, 2.75) is 43.7 Å². The van der Waals surface area contributed by atoms with Crippen LogP contribution in [0.2, 0.25) is 0 Å². The van der Waals surface area contributed by atoms with Crippen LogP contribution in [0.4, 0.5) is 5.69 Å². The molecule has 11 nitrogen and oxygen atoms in total. The number of benzene rings is 3. The third kappa shape index (κ3) is 4.81. The molecular weight excluding hydrogens is 602 g/mol. The summed E-state index contributed by atoms with van der Waals surface area (Å²) in [5, 5.41) is 58.6. The number of aliphatic hydroxyl groups excluding tert-OH is 3. The van der Waals surface area contributed by atoms with Gasteiger partial charge in [-0.1, -0.05) is 73.7 Å². The molecule has 0 heterocycles. The molecule has 11 heteroatoms. The lowest BCUT2D eigenvalue weighted by Gasteiger charge is -2.53. The maximum atomic E-state index is 14.3. The van der Waals surface area contributed by atoms with Crippen molar-refractivity contribution in [3.8, 4) is 5.75 Å². The number of rotatable bonds is 7. The van der Waals surface area contributed by atoms with Crippen LogP contribution in [0.3, 0.4) is 0 Å². The number of nitrogens with zero attached hydrogens (tertiary/aromatic N) is 2. The van der Waals surface area contributed by atoms with E-state index in [2.05, 4.69) is 0 Å². The van der Waals surface area contributed by atoms with Gasteiger partial charge in [-0.3, -0.25) is 19.3 Å². The highest BCUT2D eigenvalue weighted by atomic mass is 16.4. The lowest BCUT2D eigenvalue weighted by Crippen LogP contribution is -2.70. The third-order valence-corrected chi connectivity index (χ3v) is 9.88. The lowest BCUT2D eigenvalue weighted by molar-refractivity contribution is -0.169. The normalized spacial score (nSPS) is 27.0. The van der Waals surface area contributed by atoms with Crippen molar-refractivity contribution in [1.82, 2.24) is 4.90 Å². The molecule has 3 aliphatic carbocycles. The van der Waals surface area contributed by atoms with Gasteiger partial charge in [0, 0.05) is 24.6 Å². The number of phenolic OH excluding ortho intramolecular Hbond substituents is 1. The molecule has 0 saturated heterocycles. The second kappa shape index (κ2) is 11.7. The number of anilines is 1. The minimum atomic E-state index is -2.97. The number of aromatic hydroxyl groups is 1. The Morgan fingerprint density at radius 3 is 1.96 bits per heavy atom. The summed E-state index contributed by atoms with van der Waals surface area (Å²) < 4.78 is 0. The summed E-state index contributed by atoms with van der Waals surface area (Å²) in [6.45, 7) is 2.50. The first-order valence-corrected chi connectivity index (χ1v) is 15.3. The summed E-state index contributed by atoms with van der Waals surface area (Å²) in [5.41, 5.74) is 3.74. The van der Waals surface area contributed by atoms with Crippen LogP contribution in [-0.2, 0) is 27.5 Å². The number of aliphatic hydroxyl groups is 4. The number of hydrogen-bond donors (Lipinski definition) is 6. The molecule has 0 aliphatic heterocycles. The van der Waals surface area contributed by atoms with Gasteiger partial charge in [-0.2, -0.15) is 0 Å². The maximum Gasteiger partial charge on any atom is 0.255 e. The van der Waals surface area contributed by atoms with Crippen molar-refractivity contribution in [2.75, 3.05) is 19.0 Å². The van der Waals surface area contributed by atoms with Crippen LogP contribution in [0.1, 0.15) is 35.1 Å². The highest BCUT2D eigenvalue weighted by molar-refractivity contribution is 6.24. The van der Waals surface area contributed by atoms with Gasteiger partial charge in [-0.05, 0) is 42.8 Å². The van der Waals surface area contributed by atoms with Crippen molar-refractivity contribution in [3.05, 3.63) is 112 Å². The van der Waals surface area contributed by atoms with Crippen LogP contribution in [-0.4, -0.2) is 79.7 Å². The number of fused-ring (bicyclic) bond motifs is 3. The molecule has 3 aliphatic rings. The number of likely N-dealkylation sites (N-methyl/N-ethyl adjacent to an activating group) is 1. The van der Waals surface area contributed by atoms with Gasteiger partial charge < -0.3 is 36.2 Å². The van der Waals surface area contributed by atoms with E-state index in [0.717, 1.165) is 11.1 Å². The fourth-order valence-corrected chi connectivity index (χ4v) is 7.69. The molecule has 3 aromatic carbocycles. The Morgan fingerprint density at radius 2 is 1.45 bits per heavy atom. The molecule has 0 spiro atoms. The minimum Gasteiger partial charge on any atom is -0.508 e. The van der Waals surface area contributed by atoms with E-state index < -0.39 is 75.6 Å². The molecule has 1 saturated carbocycles. The predicted molar refractivity (Wildman–Crippen MR) is 173 cm³/mol. The third-order valence-electron chi connectivity index (χ3n) is 9.88. The maximum absolute atomic E-state index is 14.3. The molecule has 6 atom stereocenters. The number of phenols is 1. The number of carbonyl (C=O) groups excluding carboxylic acids is 3. The second-order valence-corrected chi connectivity index (χ2v) is 12.8. The van der Waals surface area contributed by atoms with E-state index in [1.165, 1.54) is 19.0 Å². The average molecular weight is 640 g/mol. The molecule has 0 unspecified atom stereocenters. The van der Waals surface area contributed by atoms with Crippen molar-refractivity contribution in [3.63, 3.8) is 0 Å². The summed E-state index contributed by atoms with van der Waals surface area (Å²) in [7, 11) is 2.94. The van der Waals surface area contributed by atoms with E-state index in [9.17, 15) is 39.9 Å². The smallest absolute Gasteiger partial charge is 0.255 e. The van der Waals surface area contributed by atoms with Gasteiger partial charge in [0.05, 0.1) is 29.3 Å². The van der Waals surface area contributed by atoms with Crippen molar-refractivity contribution in [1.29, 1.82) is 0 Å². The summed E-state index contributed by atoms with van der Waals surface area (Å²) >= 11 is 0. The SMILES string of the molecule is C[C@@H]1c2ccc(N(Cc3ccccc3)Cc3ccccc3)c(O)c2C(O)=C2C(=O)[C@@]3(O)C(O)=C(C(N)=O)C(=O)[C@H](N(C)C)[C@H]3[C@H](O)[C@H]21. The number of hydrogen-bond acceptors (Lipinski definition) is 10. The first kappa shape index (κ1) is 32.0. The topological polar surface area (TPSA) is 185 Å². The monoisotopic (exact) mass is 639 g/mol. The molecule has 3 aromatic rings. The van der Waals surface area contributed by atoms with Crippen LogP contribution in [0.5, 0.6) is 5.75 Å². The van der Waals surface area contributed by atoms with Gasteiger partial charge in [-0.15, -0.1) is 0 Å². The molecule has 6 rings (SSSR count). The van der Waals surface area contributed by atoms with Crippen LogP contribution >= 0.6 is 0 Å². The van der Waals surface area contributed by atoms with Crippen LogP contribution in [0.15, 0.2) is 89.7 Å². The number of ketones is 2. The highest BCUT2D eigenvalue weighted by Crippen LogP contribution is 2.57. The first-order valence-electron chi connectivity index (χ1n) is 15.3. The number of primary amides is 1. The molecule has 0 radical (unpaired) electrons. The summed E-state index contributed by atoms with van der Waals surface area (Å²) in [4.78, 5) is 43.3. The van der Waals surface area contributed by atoms with Gasteiger partial charge in [0.1, 0.15) is 22.8 Å². The molecule has 47 heavy (non-hydrogen) atoms. The molecular formula is C36H37N3O8. The first-order chi connectivity index (χ1) is 22.3. The molecule has 0 aromatic heterocycles. The Balaban J connectivity index is 1.53. The van der Waals surface area contributed by atoms with E-state index in [1.807, 2.05) is 65.6 Å². The Morgan fingerprint density at radius 1 is 0.894 bits per heavy atom.